The molecule has 4 aliphatic rings. The molecule has 0 bridgehead atoms. The zero-order valence-electron chi connectivity index (χ0n) is 23.2. The number of aliphatic carboxylic acids is 1. The van der Waals surface area contributed by atoms with Crippen LogP contribution in [-0.4, -0.2) is 63.8 Å². The SMILES string of the molecule is C[C@]12CCC(=O)C=C1CC[C@@H]1[C@@H]2CC[C@@]2(C)[C@H]1CC[C@]2(O)C(=O)COC(=O)CCC(=O)N[C@H](CC(N)=O)C(=O)O. The van der Waals surface area contributed by atoms with Gasteiger partial charge in [0.05, 0.1) is 12.8 Å². The fourth-order valence-corrected chi connectivity index (χ4v) is 8.25. The summed E-state index contributed by atoms with van der Waals surface area (Å²) in [6.45, 7) is 3.64. The average Bonchev–Trinajstić information content (AvgIpc) is 3.17. The Kier molecular flexibility index (Phi) is 8.27. The molecule has 4 rings (SSSR count). The Balaban J connectivity index is 1.33. The van der Waals surface area contributed by atoms with Crippen molar-refractivity contribution in [3.8, 4) is 0 Å². The number of carbonyl (C=O) groups is 6. The highest BCUT2D eigenvalue weighted by Gasteiger charge is 2.66. The van der Waals surface area contributed by atoms with E-state index < -0.39 is 72.5 Å². The number of esters is 1. The lowest BCUT2D eigenvalue weighted by Crippen LogP contribution is -2.58. The molecule has 0 aromatic heterocycles. The topological polar surface area (TPSA) is 190 Å². The van der Waals surface area contributed by atoms with Crippen molar-refractivity contribution in [2.75, 3.05) is 6.61 Å². The molecular weight excluding hydrogens is 520 g/mol. The summed E-state index contributed by atoms with van der Waals surface area (Å²) in [6.07, 6.45) is 6.21. The Morgan fingerprint density at radius 3 is 2.42 bits per heavy atom. The van der Waals surface area contributed by atoms with Crippen LogP contribution in [0.3, 0.4) is 0 Å². The zero-order valence-corrected chi connectivity index (χ0v) is 23.2. The summed E-state index contributed by atoms with van der Waals surface area (Å²) in [7, 11) is 0. The lowest BCUT2D eigenvalue weighted by molar-refractivity contribution is -0.170. The molecule has 0 heterocycles. The fourth-order valence-electron chi connectivity index (χ4n) is 8.25. The average molecular weight is 561 g/mol. The predicted octanol–water partition coefficient (Wildman–Crippen LogP) is 1.59. The molecule has 0 aliphatic heterocycles. The van der Waals surface area contributed by atoms with Crippen LogP contribution in [0.1, 0.15) is 84.5 Å². The van der Waals surface area contributed by atoms with Crippen LogP contribution in [-0.2, 0) is 33.5 Å². The van der Waals surface area contributed by atoms with E-state index in [0.717, 1.165) is 25.7 Å². The van der Waals surface area contributed by atoms with Gasteiger partial charge < -0.3 is 26.0 Å². The molecule has 0 aromatic carbocycles. The first-order valence-corrected chi connectivity index (χ1v) is 14.2. The highest BCUT2D eigenvalue weighted by atomic mass is 16.5. The summed E-state index contributed by atoms with van der Waals surface area (Å²) in [5, 5.41) is 22.9. The first kappa shape index (κ1) is 29.9. The molecule has 2 amide bonds. The second-order valence-electron chi connectivity index (χ2n) is 12.5. The number of ketones is 2. The third-order valence-electron chi connectivity index (χ3n) is 10.5. The molecular formula is C29H40N2O9. The quantitative estimate of drug-likeness (QED) is 0.287. The lowest BCUT2D eigenvalue weighted by atomic mass is 9.46. The zero-order chi connectivity index (χ0) is 29.5. The third-order valence-corrected chi connectivity index (χ3v) is 10.5. The molecule has 0 aromatic rings. The van der Waals surface area contributed by atoms with E-state index in [1.807, 2.05) is 13.0 Å². The minimum absolute atomic E-state index is 0.0188. The van der Waals surface area contributed by atoms with Crippen LogP contribution in [0, 0.1) is 28.6 Å². The van der Waals surface area contributed by atoms with Gasteiger partial charge in [-0.2, -0.15) is 0 Å². The van der Waals surface area contributed by atoms with Crippen LogP contribution in [0.5, 0.6) is 0 Å². The van der Waals surface area contributed by atoms with Crippen LogP contribution in [0.15, 0.2) is 11.6 Å². The van der Waals surface area contributed by atoms with E-state index in [9.17, 15) is 33.9 Å². The number of amides is 2. The Hall–Kier alpha value is -3.08. The van der Waals surface area contributed by atoms with Gasteiger partial charge in [-0.05, 0) is 74.2 Å². The van der Waals surface area contributed by atoms with Gasteiger partial charge in [0, 0.05) is 18.3 Å². The number of Topliss-reactive ketones (excluding diaryl/α,β-unsaturated/α-hetero) is 1. The Labute approximate surface area is 233 Å². The highest BCUT2D eigenvalue weighted by molar-refractivity contribution is 5.92. The van der Waals surface area contributed by atoms with Crippen molar-refractivity contribution in [1.29, 1.82) is 0 Å². The molecule has 220 valence electrons. The van der Waals surface area contributed by atoms with Gasteiger partial charge in [-0.15, -0.1) is 0 Å². The number of rotatable bonds is 10. The summed E-state index contributed by atoms with van der Waals surface area (Å²) in [4.78, 5) is 71.8. The van der Waals surface area contributed by atoms with Gasteiger partial charge in [0.2, 0.25) is 17.6 Å². The summed E-state index contributed by atoms with van der Waals surface area (Å²) in [5.74, 6) is -3.38. The van der Waals surface area contributed by atoms with E-state index in [-0.39, 0.29) is 17.1 Å². The largest absolute Gasteiger partial charge is 0.480 e. The van der Waals surface area contributed by atoms with Gasteiger partial charge in [0.15, 0.2) is 12.4 Å². The van der Waals surface area contributed by atoms with Crippen molar-refractivity contribution < 1.29 is 43.7 Å². The van der Waals surface area contributed by atoms with Crippen molar-refractivity contribution in [1.82, 2.24) is 5.32 Å². The fraction of sp³-hybridized carbons (Fsp3) is 0.724. The standard InChI is InChI=1S/C29H40N2O9/c1-27-10-7-17(32)13-16(27)3-4-18-19(27)8-11-28(2)20(18)9-12-29(28,39)22(33)15-40-25(36)6-5-24(35)31-21(26(37)38)14-23(30)34/h13,18-21,39H,3-12,14-15H2,1-2H3,(H2,30,34)(H,31,35)(H,37,38)/t18-,19+,20+,21-,27+,28+,29+/m1/s1. The van der Waals surface area contributed by atoms with E-state index in [1.165, 1.54) is 5.57 Å². The van der Waals surface area contributed by atoms with E-state index in [4.69, 9.17) is 15.6 Å². The molecule has 5 N–H and O–H groups in total. The number of nitrogens with two attached hydrogens (primary N) is 1. The van der Waals surface area contributed by atoms with Gasteiger partial charge in [-0.1, -0.05) is 19.4 Å². The van der Waals surface area contributed by atoms with Crippen molar-refractivity contribution >= 4 is 35.3 Å². The van der Waals surface area contributed by atoms with Crippen molar-refractivity contribution in [2.24, 2.45) is 34.3 Å². The minimum atomic E-state index is -1.62. The molecule has 0 saturated heterocycles. The number of carboxylic acid groups (broad SMARTS) is 1. The molecule has 3 fully saturated rings. The number of ether oxygens (including phenoxy) is 1. The smallest absolute Gasteiger partial charge is 0.326 e. The Bertz CT molecular complexity index is 1150. The number of hydrogen-bond donors (Lipinski definition) is 4. The van der Waals surface area contributed by atoms with E-state index in [2.05, 4.69) is 12.2 Å². The molecule has 11 nitrogen and oxygen atoms in total. The predicted molar refractivity (Wildman–Crippen MR) is 140 cm³/mol. The Morgan fingerprint density at radius 1 is 1.05 bits per heavy atom. The van der Waals surface area contributed by atoms with Crippen molar-refractivity contribution in [3.63, 3.8) is 0 Å². The van der Waals surface area contributed by atoms with Gasteiger partial charge in [-0.25, -0.2) is 4.79 Å². The van der Waals surface area contributed by atoms with Crippen LogP contribution >= 0.6 is 0 Å². The van der Waals surface area contributed by atoms with Gasteiger partial charge in [-0.3, -0.25) is 24.0 Å². The molecule has 0 unspecified atom stereocenters. The van der Waals surface area contributed by atoms with E-state index in [0.29, 0.717) is 37.5 Å². The van der Waals surface area contributed by atoms with Crippen LogP contribution in [0.25, 0.3) is 0 Å². The van der Waals surface area contributed by atoms with Gasteiger partial charge in [0.25, 0.3) is 0 Å². The molecule has 7 atom stereocenters. The van der Waals surface area contributed by atoms with Crippen LogP contribution < -0.4 is 11.1 Å². The summed E-state index contributed by atoms with van der Waals surface area (Å²) >= 11 is 0. The van der Waals surface area contributed by atoms with Crippen LogP contribution in [0.4, 0.5) is 0 Å². The molecule has 3 saturated carbocycles. The summed E-state index contributed by atoms with van der Waals surface area (Å²) < 4.78 is 5.12. The molecule has 0 spiro atoms. The maximum atomic E-state index is 13.3. The molecule has 11 heteroatoms. The maximum absolute atomic E-state index is 13.3. The monoisotopic (exact) mass is 560 g/mol. The normalized spacial score (nSPS) is 35.3. The van der Waals surface area contributed by atoms with Crippen LogP contribution in [0.2, 0.25) is 0 Å². The molecule has 4 aliphatic carbocycles. The van der Waals surface area contributed by atoms with E-state index in [1.54, 1.807) is 0 Å². The number of carboxylic acids is 1. The second kappa shape index (κ2) is 11.1. The van der Waals surface area contributed by atoms with Gasteiger partial charge in [0.1, 0.15) is 11.6 Å². The first-order chi connectivity index (χ1) is 18.7. The van der Waals surface area contributed by atoms with Gasteiger partial charge >= 0.3 is 11.9 Å². The van der Waals surface area contributed by atoms with Crippen molar-refractivity contribution in [2.45, 2.75) is 96.1 Å². The Morgan fingerprint density at radius 2 is 1.75 bits per heavy atom. The number of aliphatic hydroxyl groups is 1. The van der Waals surface area contributed by atoms with E-state index >= 15 is 0 Å². The number of primary amides is 1. The number of carbonyl (C=O) groups excluding carboxylic acids is 5. The number of fused-ring (bicyclic) bond motifs is 5. The minimum Gasteiger partial charge on any atom is -0.480 e. The van der Waals surface area contributed by atoms with Crippen molar-refractivity contribution in [3.05, 3.63) is 11.6 Å². The summed E-state index contributed by atoms with van der Waals surface area (Å²) in [6, 6.07) is -1.50. The lowest BCUT2D eigenvalue weighted by Gasteiger charge is -2.58. The summed E-state index contributed by atoms with van der Waals surface area (Å²) in [5.41, 5.74) is 3.95. The second-order valence-corrected chi connectivity index (χ2v) is 12.5. The first-order valence-electron chi connectivity index (χ1n) is 14.2. The molecule has 40 heavy (non-hydrogen) atoms. The maximum Gasteiger partial charge on any atom is 0.326 e. The highest BCUT2D eigenvalue weighted by Crippen LogP contribution is 2.67. The number of allylic oxidation sites excluding steroid dienone is 1. The third kappa shape index (κ3) is 5.32. The number of hydrogen-bond acceptors (Lipinski definition) is 8. The number of nitrogens with one attached hydrogen (secondary N) is 1. The molecule has 0 radical (unpaired) electrons.